The van der Waals surface area contributed by atoms with Crippen LogP contribution in [0, 0.1) is 11.8 Å². The third kappa shape index (κ3) is 12.8. The van der Waals surface area contributed by atoms with Crippen molar-refractivity contribution in [2.45, 2.75) is 185 Å². The van der Waals surface area contributed by atoms with Gasteiger partial charge in [-0.3, -0.25) is 52.7 Å². The van der Waals surface area contributed by atoms with Crippen molar-refractivity contribution in [3.8, 4) is 0 Å². The van der Waals surface area contributed by atoms with Gasteiger partial charge in [-0.15, -0.1) is 0 Å². The lowest BCUT2D eigenvalue weighted by atomic mass is 9.96. The summed E-state index contributed by atoms with van der Waals surface area (Å²) in [4.78, 5) is 170. The van der Waals surface area contributed by atoms with Gasteiger partial charge in [0.05, 0.1) is 13.1 Å². The molecule has 7 saturated heterocycles. The minimum atomic E-state index is -1.08. The molecule has 0 aromatic carbocycles. The smallest absolute Gasteiger partial charge is 0.326 e. The van der Waals surface area contributed by atoms with Crippen molar-refractivity contribution in [3.63, 3.8) is 0 Å². The second kappa shape index (κ2) is 25.0. The molecule has 414 valence electrons. The maximum atomic E-state index is 14.3. The molecular weight excluding hydrogens is 975 g/mol. The van der Waals surface area contributed by atoms with E-state index in [-0.39, 0.29) is 63.3 Å². The minimum absolute atomic E-state index is 0.0219. The van der Waals surface area contributed by atoms with Crippen molar-refractivity contribution < 1.29 is 62.6 Å². The van der Waals surface area contributed by atoms with Gasteiger partial charge >= 0.3 is 5.97 Å². The number of nitrogens with one attached hydrogen (secondary N) is 5. The summed E-state index contributed by atoms with van der Waals surface area (Å²) in [5.41, 5.74) is 0. The maximum absolute atomic E-state index is 14.3. The Bertz CT molecular complexity index is 2250. The molecule has 0 bridgehead atoms. The fourth-order valence-corrected chi connectivity index (χ4v) is 12.1. The molecule has 7 fully saturated rings. The third-order valence-electron chi connectivity index (χ3n) is 16.3. The van der Waals surface area contributed by atoms with Gasteiger partial charge in [-0.05, 0) is 102 Å². The number of likely N-dealkylation sites (tertiary alicyclic amines) is 6. The molecule has 0 radical (unpaired) electrons. The van der Waals surface area contributed by atoms with Crippen LogP contribution in [-0.2, 0) is 57.5 Å². The summed E-state index contributed by atoms with van der Waals surface area (Å²) < 4.78 is 0. The topological polar surface area (TPSA) is 305 Å². The number of hydrogen-bond donors (Lipinski definition) is 6. The average Bonchev–Trinajstić information content (AvgIpc) is 4.24. The van der Waals surface area contributed by atoms with E-state index in [1.807, 2.05) is 27.7 Å². The number of amides is 11. The number of carbonyl (C=O) groups excluding carboxylic acids is 11. The summed E-state index contributed by atoms with van der Waals surface area (Å²) in [5.74, 6) is -6.50. The fraction of sp³-hybridized carbons (Fsp3) is 0.765. The van der Waals surface area contributed by atoms with Crippen molar-refractivity contribution in [1.82, 2.24) is 56.0 Å². The largest absolute Gasteiger partial charge is 0.480 e. The SMILES string of the molecule is CC[C@H](C)[C@H](NC(=O)[C@@H]1CCCN1C(=O)[C@@H]1CCCN1C(=O)CNC(=O)[C@@H]1CCCN1C(=O)[C@@H]1CCCN1C(=O)[C@H](CC(C)C)NC(=O)CNC(=O)[C@@H]1CCC(=O)N1)C(=O)N1CCC[C@H]1C(=O)N1CCC[C@H]1C(=O)O. The fourth-order valence-electron chi connectivity index (χ4n) is 12.1. The van der Waals surface area contributed by atoms with E-state index in [0.29, 0.717) is 96.4 Å². The van der Waals surface area contributed by atoms with Crippen LogP contribution in [0.4, 0.5) is 0 Å². The number of carboxylic acids is 1. The molecule has 7 aliphatic rings. The van der Waals surface area contributed by atoms with Crippen molar-refractivity contribution in [2.75, 3.05) is 52.4 Å². The summed E-state index contributed by atoms with van der Waals surface area (Å²) >= 11 is 0. The Morgan fingerprint density at radius 3 is 1.51 bits per heavy atom. The molecule has 0 aliphatic carbocycles. The van der Waals surface area contributed by atoms with E-state index in [1.165, 1.54) is 29.4 Å². The Morgan fingerprint density at radius 2 is 1.00 bits per heavy atom. The lowest BCUT2D eigenvalue weighted by molar-refractivity contribution is -0.152. The third-order valence-corrected chi connectivity index (χ3v) is 16.3. The highest BCUT2D eigenvalue weighted by Crippen LogP contribution is 2.30. The first-order valence-corrected chi connectivity index (χ1v) is 27.3. The molecule has 75 heavy (non-hydrogen) atoms. The number of hydrogen-bond acceptors (Lipinski definition) is 12. The molecule has 0 aromatic rings. The summed E-state index contributed by atoms with van der Waals surface area (Å²) in [6, 6.07) is -8.14. The molecule has 0 aromatic heterocycles. The molecule has 24 nitrogen and oxygen atoms in total. The molecule has 0 unspecified atom stereocenters. The van der Waals surface area contributed by atoms with Crippen molar-refractivity contribution in [1.29, 1.82) is 0 Å². The van der Waals surface area contributed by atoms with E-state index < -0.39 is 133 Å². The Balaban J connectivity index is 0.921. The van der Waals surface area contributed by atoms with Gasteiger partial charge in [0.25, 0.3) is 0 Å². The van der Waals surface area contributed by atoms with Crippen LogP contribution < -0.4 is 26.6 Å². The molecule has 24 heteroatoms. The zero-order chi connectivity index (χ0) is 54.2. The second-order valence-corrected chi connectivity index (χ2v) is 21.7. The van der Waals surface area contributed by atoms with Crippen LogP contribution in [-0.4, -0.2) is 212 Å². The molecule has 11 amide bonds. The zero-order valence-electron chi connectivity index (χ0n) is 43.9. The number of nitrogens with zero attached hydrogens (tertiary/aromatic N) is 6. The number of rotatable bonds is 19. The lowest BCUT2D eigenvalue weighted by Crippen LogP contribution is -2.59. The van der Waals surface area contributed by atoms with Gasteiger partial charge in [0.1, 0.15) is 54.4 Å². The van der Waals surface area contributed by atoms with E-state index in [9.17, 15) is 62.6 Å². The summed E-state index contributed by atoms with van der Waals surface area (Å²) in [7, 11) is 0. The van der Waals surface area contributed by atoms with Crippen LogP contribution in [0.15, 0.2) is 0 Å². The van der Waals surface area contributed by atoms with Gasteiger partial charge in [0.2, 0.25) is 65.0 Å². The van der Waals surface area contributed by atoms with E-state index in [4.69, 9.17) is 0 Å². The van der Waals surface area contributed by atoms with Crippen LogP contribution in [0.3, 0.4) is 0 Å². The predicted molar refractivity (Wildman–Crippen MR) is 266 cm³/mol. The summed E-state index contributed by atoms with van der Waals surface area (Å²) in [6.07, 6.45) is 6.50. The maximum Gasteiger partial charge on any atom is 0.326 e. The molecule has 7 rings (SSSR count). The van der Waals surface area contributed by atoms with Crippen LogP contribution in [0.25, 0.3) is 0 Å². The summed E-state index contributed by atoms with van der Waals surface area (Å²) in [5, 5.41) is 23.1. The van der Waals surface area contributed by atoms with E-state index >= 15 is 0 Å². The second-order valence-electron chi connectivity index (χ2n) is 21.7. The van der Waals surface area contributed by atoms with Gasteiger partial charge in [0.15, 0.2) is 0 Å². The van der Waals surface area contributed by atoms with Crippen LogP contribution in [0.5, 0.6) is 0 Å². The highest BCUT2D eigenvalue weighted by atomic mass is 16.4. The highest BCUT2D eigenvalue weighted by molar-refractivity contribution is 5.99. The zero-order valence-corrected chi connectivity index (χ0v) is 43.9. The molecule has 0 saturated carbocycles. The van der Waals surface area contributed by atoms with Crippen molar-refractivity contribution in [3.05, 3.63) is 0 Å². The van der Waals surface area contributed by atoms with E-state index in [0.717, 1.165) is 0 Å². The molecule has 10 atom stereocenters. The highest BCUT2D eigenvalue weighted by Gasteiger charge is 2.48. The molecule has 7 aliphatic heterocycles. The Kier molecular flexibility index (Phi) is 18.8. The normalized spacial score (nSPS) is 26.8. The number of carbonyl (C=O) groups is 12. The van der Waals surface area contributed by atoms with Crippen LogP contribution in [0.2, 0.25) is 0 Å². The number of carboxylic acid groups (broad SMARTS) is 1. The molecular formula is C51H77N11O13. The lowest BCUT2D eigenvalue weighted by Gasteiger charge is -2.35. The van der Waals surface area contributed by atoms with Gasteiger partial charge in [-0.1, -0.05) is 34.1 Å². The van der Waals surface area contributed by atoms with Gasteiger partial charge in [0, 0.05) is 45.7 Å². The van der Waals surface area contributed by atoms with Gasteiger partial charge in [-0.2, -0.15) is 0 Å². The Labute approximate surface area is 437 Å². The van der Waals surface area contributed by atoms with Crippen molar-refractivity contribution in [2.24, 2.45) is 11.8 Å². The average molecular weight is 1050 g/mol. The Hall–Kier alpha value is -6.36. The molecule has 6 N–H and O–H groups in total. The number of aliphatic carboxylic acids is 1. The first-order valence-electron chi connectivity index (χ1n) is 27.3. The minimum Gasteiger partial charge on any atom is -0.480 e. The van der Waals surface area contributed by atoms with Gasteiger partial charge in [-0.25, -0.2) is 4.79 Å². The molecule has 0 spiro atoms. The van der Waals surface area contributed by atoms with Crippen molar-refractivity contribution >= 4 is 70.9 Å². The van der Waals surface area contributed by atoms with Crippen LogP contribution >= 0.6 is 0 Å². The first-order chi connectivity index (χ1) is 35.8. The van der Waals surface area contributed by atoms with E-state index in [1.54, 1.807) is 0 Å². The Morgan fingerprint density at radius 1 is 0.547 bits per heavy atom. The standard InChI is InChI=1S/C51H77N11O13/c1-5-30(4)42(50(73)61-24-10-16-37(61)49(72)62-25-11-17-38(62)51(74)75)56-45(68)34-13-7-22-59(34)47(70)35-14-8-20-57(35)41(65)28-53-44(67)33-12-6-21-58(33)48(71)36-15-9-23-60(36)46(69)32(26-29(2)3)55-40(64)27-52-43(66)31-18-19-39(63)54-31/h29-38,42H,5-28H2,1-4H3,(H,52,66)(H,53,67)(H,54,63)(H,55,64)(H,56,68)(H,74,75)/t30-,31-,32-,33-,34-,35-,36-,37-,38-,42-/m0/s1. The molecule has 7 heterocycles. The summed E-state index contributed by atoms with van der Waals surface area (Å²) in [6.45, 7) is 8.21. The monoisotopic (exact) mass is 1050 g/mol. The van der Waals surface area contributed by atoms with E-state index in [2.05, 4.69) is 26.6 Å². The van der Waals surface area contributed by atoms with Gasteiger partial charge < -0.3 is 61.1 Å². The quantitative estimate of drug-likeness (QED) is 0.0868. The van der Waals surface area contributed by atoms with Crippen LogP contribution in [0.1, 0.15) is 130 Å². The first kappa shape index (κ1) is 56.4. The predicted octanol–water partition coefficient (Wildman–Crippen LogP) is -1.41.